The Bertz CT molecular complexity index is 526. The zero-order valence-corrected chi connectivity index (χ0v) is 10.6. The summed E-state index contributed by atoms with van der Waals surface area (Å²) in [7, 11) is 0. The van der Waals surface area contributed by atoms with Crippen LogP contribution in [0.4, 0.5) is 0 Å². The quantitative estimate of drug-likeness (QED) is 0.895. The zero-order valence-electron chi connectivity index (χ0n) is 10.6. The molecule has 18 heavy (non-hydrogen) atoms. The molecule has 0 unspecified atom stereocenters. The topological polar surface area (TPSA) is 61.0 Å². The van der Waals surface area contributed by atoms with E-state index >= 15 is 0 Å². The van der Waals surface area contributed by atoms with Gasteiger partial charge in [-0.1, -0.05) is 0 Å². The highest BCUT2D eigenvalue weighted by molar-refractivity contribution is 5.63. The lowest BCUT2D eigenvalue weighted by atomic mass is 10.1. The summed E-state index contributed by atoms with van der Waals surface area (Å²) in [5, 5.41) is 0. The summed E-state index contributed by atoms with van der Waals surface area (Å²) in [6.45, 7) is 4.46. The van der Waals surface area contributed by atoms with Crippen molar-refractivity contribution in [2.45, 2.75) is 26.5 Å². The van der Waals surface area contributed by atoms with Crippen LogP contribution in [0.25, 0.3) is 11.1 Å². The molecular formula is C14H17N3O. The van der Waals surface area contributed by atoms with Gasteiger partial charge >= 0.3 is 0 Å². The van der Waals surface area contributed by atoms with E-state index in [1.807, 2.05) is 26.0 Å². The third-order valence-electron chi connectivity index (χ3n) is 2.45. The van der Waals surface area contributed by atoms with Gasteiger partial charge in [-0.05, 0) is 31.5 Å². The number of aromatic nitrogens is 2. The van der Waals surface area contributed by atoms with E-state index in [-0.39, 0.29) is 6.10 Å². The van der Waals surface area contributed by atoms with Gasteiger partial charge in [0.05, 0.1) is 12.3 Å². The third-order valence-corrected chi connectivity index (χ3v) is 2.45. The number of hydrogen-bond donors (Lipinski definition) is 1. The average molecular weight is 243 g/mol. The van der Waals surface area contributed by atoms with Crippen LogP contribution in [0.1, 0.15) is 19.4 Å². The Morgan fingerprint density at radius 1 is 1.06 bits per heavy atom. The van der Waals surface area contributed by atoms with Crippen LogP contribution in [-0.2, 0) is 6.54 Å². The molecule has 4 nitrogen and oxygen atoms in total. The molecule has 0 saturated carbocycles. The number of ether oxygens (including phenoxy) is 1. The van der Waals surface area contributed by atoms with Gasteiger partial charge in [0.2, 0.25) is 0 Å². The highest BCUT2D eigenvalue weighted by Gasteiger charge is 2.03. The maximum absolute atomic E-state index is 5.63. The molecule has 0 fully saturated rings. The molecule has 0 bridgehead atoms. The standard InChI is InChI=1S/C14H17N3O/c1-10(2)18-14-4-13(8-17-9-14)12-3-11(5-15)6-16-7-12/h3-4,6-10H,5,15H2,1-2H3. The summed E-state index contributed by atoms with van der Waals surface area (Å²) in [6, 6.07) is 3.98. The maximum atomic E-state index is 5.63. The van der Waals surface area contributed by atoms with Gasteiger partial charge in [0, 0.05) is 36.3 Å². The normalized spacial score (nSPS) is 10.7. The van der Waals surface area contributed by atoms with Gasteiger partial charge in [0.25, 0.3) is 0 Å². The molecule has 0 saturated heterocycles. The van der Waals surface area contributed by atoms with Crippen molar-refractivity contribution >= 4 is 0 Å². The molecule has 0 amide bonds. The number of hydrogen-bond acceptors (Lipinski definition) is 4. The van der Waals surface area contributed by atoms with Crippen molar-refractivity contribution in [2.75, 3.05) is 0 Å². The summed E-state index contributed by atoms with van der Waals surface area (Å²) < 4.78 is 5.63. The van der Waals surface area contributed by atoms with Gasteiger partial charge in [0.15, 0.2) is 0 Å². The van der Waals surface area contributed by atoms with E-state index in [0.717, 1.165) is 22.4 Å². The van der Waals surface area contributed by atoms with E-state index in [1.54, 1.807) is 24.8 Å². The molecular weight excluding hydrogens is 226 g/mol. The summed E-state index contributed by atoms with van der Waals surface area (Å²) in [5.74, 6) is 0.764. The molecule has 2 aromatic rings. The minimum Gasteiger partial charge on any atom is -0.489 e. The van der Waals surface area contributed by atoms with Gasteiger partial charge in [0.1, 0.15) is 5.75 Å². The smallest absolute Gasteiger partial charge is 0.138 e. The first-order valence-electron chi connectivity index (χ1n) is 5.95. The second-order valence-electron chi connectivity index (χ2n) is 4.36. The fourth-order valence-corrected chi connectivity index (χ4v) is 1.67. The Hall–Kier alpha value is -1.94. The lowest BCUT2D eigenvalue weighted by molar-refractivity contribution is 0.241. The van der Waals surface area contributed by atoms with E-state index in [4.69, 9.17) is 10.5 Å². The van der Waals surface area contributed by atoms with Crippen molar-refractivity contribution in [2.24, 2.45) is 5.73 Å². The molecule has 2 heterocycles. The summed E-state index contributed by atoms with van der Waals surface area (Å²) >= 11 is 0. The minimum absolute atomic E-state index is 0.135. The number of rotatable bonds is 4. The molecule has 0 radical (unpaired) electrons. The SMILES string of the molecule is CC(C)Oc1cncc(-c2cncc(CN)c2)c1. The lowest BCUT2D eigenvalue weighted by Crippen LogP contribution is -2.05. The molecule has 0 aliphatic rings. The minimum atomic E-state index is 0.135. The molecule has 0 spiro atoms. The molecule has 2 aromatic heterocycles. The van der Waals surface area contributed by atoms with Gasteiger partial charge < -0.3 is 10.5 Å². The predicted octanol–water partition coefficient (Wildman–Crippen LogP) is 2.39. The average Bonchev–Trinajstić information content (AvgIpc) is 2.38. The molecule has 0 aliphatic carbocycles. The van der Waals surface area contributed by atoms with Gasteiger partial charge in [-0.3, -0.25) is 9.97 Å². The van der Waals surface area contributed by atoms with Crippen molar-refractivity contribution in [3.63, 3.8) is 0 Å². The Kier molecular flexibility index (Phi) is 3.89. The zero-order chi connectivity index (χ0) is 13.0. The first kappa shape index (κ1) is 12.5. The molecule has 2 rings (SSSR count). The Balaban J connectivity index is 2.32. The number of nitrogens with two attached hydrogens (primary N) is 1. The van der Waals surface area contributed by atoms with Crippen LogP contribution in [0, 0.1) is 0 Å². The first-order valence-corrected chi connectivity index (χ1v) is 5.95. The van der Waals surface area contributed by atoms with E-state index in [0.29, 0.717) is 6.54 Å². The fraction of sp³-hybridized carbons (Fsp3) is 0.286. The highest BCUT2D eigenvalue weighted by Crippen LogP contribution is 2.23. The number of pyridine rings is 2. The lowest BCUT2D eigenvalue weighted by Gasteiger charge is -2.10. The number of nitrogens with zero attached hydrogens (tertiary/aromatic N) is 2. The van der Waals surface area contributed by atoms with E-state index < -0.39 is 0 Å². The Morgan fingerprint density at radius 2 is 1.72 bits per heavy atom. The van der Waals surface area contributed by atoms with Gasteiger partial charge in [-0.2, -0.15) is 0 Å². The highest BCUT2D eigenvalue weighted by atomic mass is 16.5. The molecule has 0 atom stereocenters. The van der Waals surface area contributed by atoms with Crippen molar-refractivity contribution in [1.29, 1.82) is 0 Å². The van der Waals surface area contributed by atoms with Gasteiger partial charge in [-0.15, -0.1) is 0 Å². The van der Waals surface area contributed by atoms with Crippen LogP contribution < -0.4 is 10.5 Å². The molecule has 94 valence electrons. The summed E-state index contributed by atoms with van der Waals surface area (Å²) in [6.07, 6.45) is 7.21. The van der Waals surface area contributed by atoms with Crippen LogP contribution in [0.2, 0.25) is 0 Å². The first-order chi connectivity index (χ1) is 8.69. The van der Waals surface area contributed by atoms with Gasteiger partial charge in [-0.25, -0.2) is 0 Å². The van der Waals surface area contributed by atoms with Crippen molar-refractivity contribution < 1.29 is 4.74 Å². The van der Waals surface area contributed by atoms with Crippen LogP contribution >= 0.6 is 0 Å². The summed E-state index contributed by atoms with van der Waals surface area (Å²) in [5.41, 5.74) is 8.60. The Morgan fingerprint density at radius 3 is 2.39 bits per heavy atom. The monoisotopic (exact) mass is 243 g/mol. The molecule has 0 aromatic carbocycles. The molecule has 2 N–H and O–H groups in total. The Labute approximate surface area is 107 Å². The summed E-state index contributed by atoms with van der Waals surface area (Å²) in [4.78, 5) is 8.36. The van der Waals surface area contributed by atoms with Crippen molar-refractivity contribution in [1.82, 2.24) is 9.97 Å². The molecule has 4 heteroatoms. The van der Waals surface area contributed by atoms with Crippen LogP contribution in [0.5, 0.6) is 5.75 Å². The van der Waals surface area contributed by atoms with Crippen LogP contribution in [0.15, 0.2) is 36.9 Å². The molecule has 0 aliphatic heterocycles. The van der Waals surface area contributed by atoms with Crippen LogP contribution in [-0.4, -0.2) is 16.1 Å². The largest absolute Gasteiger partial charge is 0.489 e. The van der Waals surface area contributed by atoms with E-state index in [9.17, 15) is 0 Å². The third kappa shape index (κ3) is 3.05. The van der Waals surface area contributed by atoms with Crippen molar-refractivity contribution in [3.05, 3.63) is 42.5 Å². The van der Waals surface area contributed by atoms with Crippen LogP contribution in [0.3, 0.4) is 0 Å². The second kappa shape index (κ2) is 5.60. The maximum Gasteiger partial charge on any atom is 0.138 e. The predicted molar refractivity (Wildman–Crippen MR) is 71.1 cm³/mol. The second-order valence-corrected chi connectivity index (χ2v) is 4.36. The fourth-order valence-electron chi connectivity index (χ4n) is 1.67. The van der Waals surface area contributed by atoms with E-state index in [1.165, 1.54) is 0 Å². The van der Waals surface area contributed by atoms with E-state index in [2.05, 4.69) is 9.97 Å². The van der Waals surface area contributed by atoms with Crippen molar-refractivity contribution in [3.8, 4) is 16.9 Å².